The lowest BCUT2D eigenvalue weighted by molar-refractivity contribution is 0.384. The highest BCUT2D eigenvalue weighted by Crippen LogP contribution is 2.25. The van der Waals surface area contributed by atoms with Gasteiger partial charge in [0.1, 0.15) is 11.7 Å². The van der Waals surface area contributed by atoms with E-state index >= 15 is 0 Å². The average Bonchev–Trinajstić information content (AvgIpc) is 3.12. The molecule has 4 rings (SSSR count). The molecule has 0 unspecified atom stereocenters. The quantitative estimate of drug-likeness (QED) is 0.662. The van der Waals surface area contributed by atoms with Gasteiger partial charge in [-0.3, -0.25) is 4.40 Å². The van der Waals surface area contributed by atoms with E-state index in [1.165, 1.54) is 4.31 Å². The smallest absolute Gasteiger partial charge is 0.243 e. The van der Waals surface area contributed by atoms with Gasteiger partial charge < -0.3 is 4.90 Å². The molecule has 1 aliphatic rings. The number of benzene rings is 1. The SMILES string of the molecule is CC(C)c1ccc(S(=O)(=O)N2CCN(c3nc4ccccn4c3C#N)CC2)cc1. The first-order valence-corrected chi connectivity index (χ1v) is 11.1. The third-order valence-electron chi connectivity index (χ3n) is 5.34. The summed E-state index contributed by atoms with van der Waals surface area (Å²) in [5, 5.41) is 9.58. The number of anilines is 1. The van der Waals surface area contributed by atoms with Crippen molar-refractivity contribution in [1.29, 1.82) is 5.26 Å². The Balaban J connectivity index is 1.53. The lowest BCUT2D eigenvalue weighted by atomic mass is 10.0. The van der Waals surface area contributed by atoms with Gasteiger partial charge in [-0.05, 0) is 35.7 Å². The molecule has 150 valence electrons. The summed E-state index contributed by atoms with van der Waals surface area (Å²) in [6.45, 7) is 5.85. The molecule has 0 spiro atoms. The molecule has 0 bridgehead atoms. The normalized spacial score (nSPS) is 15.7. The molecule has 3 aromatic rings. The first-order chi connectivity index (χ1) is 13.9. The number of nitrogens with zero attached hydrogens (tertiary/aromatic N) is 5. The number of hydrogen-bond acceptors (Lipinski definition) is 5. The van der Waals surface area contributed by atoms with Gasteiger partial charge >= 0.3 is 0 Å². The van der Waals surface area contributed by atoms with Crippen LogP contribution in [0.2, 0.25) is 0 Å². The number of sulfonamides is 1. The molecule has 0 radical (unpaired) electrons. The molecule has 1 fully saturated rings. The van der Waals surface area contributed by atoms with Crippen LogP contribution in [0.25, 0.3) is 5.65 Å². The van der Waals surface area contributed by atoms with Gasteiger partial charge in [-0.25, -0.2) is 13.4 Å². The lowest BCUT2D eigenvalue weighted by Gasteiger charge is -2.34. The zero-order valence-corrected chi connectivity index (χ0v) is 17.3. The fraction of sp³-hybridized carbons (Fsp3) is 0.333. The molecule has 1 aromatic carbocycles. The third kappa shape index (κ3) is 3.48. The van der Waals surface area contributed by atoms with E-state index in [2.05, 4.69) is 24.9 Å². The van der Waals surface area contributed by atoms with Gasteiger partial charge in [0.25, 0.3) is 0 Å². The van der Waals surface area contributed by atoms with Gasteiger partial charge in [0.05, 0.1) is 4.90 Å². The Bertz CT molecular complexity index is 1170. The summed E-state index contributed by atoms with van der Waals surface area (Å²) >= 11 is 0. The Morgan fingerprint density at radius 2 is 1.72 bits per heavy atom. The number of fused-ring (bicyclic) bond motifs is 1. The summed E-state index contributed by atoms with van der Waals surface area (Å²) in [7, 11) is -3.53. The van der Waals surface area contributed by atoms with Crippen LogP contribution in [0, 0.1) is 11.3 Å². The molecule has 0 saturated carbocycles. The molecule has 7 nitrogen and oxygen atoms in total. The fourth-order valence-corrected chi connectivity index (χ4v) is 5.04. The van der Waals surface area contributed by atoms with E-state index in [0.717, 1.165) is 5.56 Å². The molecule has 0 N–H and O–H groups in total. The fourth-order valence-electron chi connectivity index (χ4n) is 3.62. The minimum Gasteiger partial charge on any atom is -0.352 e. The molecule has 0 aliphatic carbocycles. The molecule has 0 amide bonds. The highest BCUT2D eigenvalue weighted by molar-refractivity contribution is 7.89. The Hall–Kier alpha value is -2.89. The van der Waals surface area contributed by atoms with Crippen LogP contribution in [-0.4, -0.2) is 48.3 Å². The summed E-state index contributed by atoms with van der Waals surface area (Å²) in [5.41, 5.74) is 2.30. The molecule has 3 heterocycles. The summed E-state index contributed by atoms with van der Waals surface area (Å²) in [6.07, 6.45) is 1.81. The summed E-state index contributed by atoms with van der Waals surface area (Å²) in [4.78, 5) is 6.88. The van der Waals surface area contributed by atoms with Crippen molar-refractivity contribution in [2.45, 2.75) is 24.7 Å². The summed E-state index contributed by atoms with van der Waals surface area (Å²) < 4.78 is 29.3. The summed E-state index contributed by atoms with van der Waals surface area (Å²) in [5.74, 6) is 0.965. The molecule has 8 heteroatoms. The van der Waals surface area contributed by atoms with Gasteiger partial charge in [0.2, 0.25) is 10.0 Å². The zero-order valence-electron chi connectivity index (χ0n) is 16.5. The van der Waals surface area contributed by atoms with Crippen LogP contribution in [-0.2, 0) is 10.0 Å². The minimum absolute atomic E-state index is 0.320. The second-order valence-corrected chi connectivity index (χ2v) is 9.38. The van der Waals surface area contributed by atoms with Crippen molar-refractivity contribution in [2.75, 3.05) is 31.1 Å². The third-order valence-corrected chi connectivity index (χ3v) is 7.25. The van der Waals surface area contributed by atoms with Gasteiger partial charge in [-0.15, -0.1) is 0 Å². The molecule has 1 saturated heterocycles. The van der Waals surface area contributed by atoms with Crippen molar-refractivity contribution in [1.82, 2.24) is 13.7 Å². The maximum Gasteiger partial charge on any atom is 0.243 e. The predicted molar refractivity (Wildman–Crippen MR) is 111 cm³/mol. The van der Waals surface area contributed by atoms with Crippen molar-refractivity contribution in [3.8, 4) is 6.07 Å². The van der Waals surface area contributed by atoms with E-state index in [1.807, 2.05) is 41.4 Å². The standard InChI is InChI=1S/C21H23N5O2S/c1-16(2)17-6-8-18(9-7-17)29(27,28)25-13-11-24(12-14-25)21-19(15-22)26-10-4-3-5-20(26)23-21/h3-10,16H,11-14H2,1-2H3. The number of nitriles is 1. The van der Waals surface area contributed by atoms with Gasteiger partial charge in [0.15, 0.2) is 11.5 Å². The maximum atomic E-state index is 13.0. The highest BCUT2D eigenvalue weighted by Gasteiger charge is 2.30. The topological polar surface area (TPSA) is 81.7 Å². The van der Waals surface area contributed by atoms with Crippen molar-refractivity contribution >= 4 is 21.5 Å². The molecular weight excluding hydrogens is 386 g/mol. The van der Waals surface area contributed by atoms with Crippen LogP contribution in [0.5, 0.6) is 0 Å². The van der Waals surface area contributed by atoms with Gasteiger partial charge in [-0.1, -0.05) is 32.0 Å². The van der Waals surface area contributed by atoms with Crippen molar-refractivity contribution in [3.63, 3.8) is 0 Å². The average molecular weight is 410 g/mol. The van der Waals surface area contributed by atoms with Crippen LogP contribution in [0.3, 0.4) is 0 Å². The lowest BCUT2D eigenvalue weighted by Crippen LogP contribution is -2.49. The Kier molecular flexibility index (Phi) is 5.03. The van der Waals surface area contributed by atoms with Crippen molar-refractivity contribution < 1.29 is 8.42 Å². The number of pyridine rings is 1. The number of piperazine rings is 1. The van der Waals surface area contributed by atoms with Gasteiger partial charge in [0, 0.05) is 32.4 Å². The molecular formula is C21H23N5O2S. The highest BCUT2D eigenvalue weighted by atomic mass is 32.2. The van der Waals surface area contributed by atoms with Crippen LogP contribution >= 0.6 is 0 Å². The van der Waals surface area contributed by atoms with E-state index in [1.54, 1.807) is 16.5 Å². The Labute approximate surface area is 170 Å². The van der Waals surface area contributed by atoms with Crippen LogP contribution in [0.4, 0.5) is 5.82 Å². The second-order valence-electron chi connectivity index (χ2n) is 7.44. The van der Waals surface area contributed by atoms with E-state index in [4.69, 9.17) is 0 Å². The van der Waals surface area contributed by atoms with E-state index in [-0.39, 0.29) is 0 Å². The first-order valence-electron chi connectivity index (χ1n) is 9.64. The van der Waals surface area contributed by atoms with E-state index < -0.39 is 10.0 Å². The van der Waals surface area contributed by atoms with Crippen LogP contribution in [0.15, 0.2) is 53.6 Å². The molecule has 29 heavy (non-hydrogen) atoms. The number of hydrogen-bond donors (Lipinski definition) is 0. The monoisotopic (exact) mass is 409 g/mol. The Morgan fingerprint density at radius 3 is 2.34 bits per heavy atom. The Morgan fingerprint density at radius 1 is 1.03 bits per heavy atom. The van der Waals surface area contributed by atoms with E-state index in [9.17, 15) is 13.7 Å². The molecule has 0 atom stereocenters. The minimum atomic E-state index is -3.53. The number of imidazole rings is 1. The predicted octanol–water partition coefficient (Wildman–Crippen LogP) is 2.84. The van der Waals surface area contributed by atoms with Crippen LogP contribution < -0.4 is 4.90 Å². The molecule has 2 aromatic heterocycles. The maximum absolute atomic E-state index is 13.0. The summed E-state index contributed by atoms with van der Waals surface area (Å²) in [6, 6.07) is 14.9. The largest absolute Gasteiger partial charge is 0.352 e. The van der Waals surface area contributed by atoms with E-state index in [0.29, 0.717) is 54.2 Å². The second kappa shape index (κ2) is 7.50. The van der Waals surface area contributed by atoms with Crippen LogP contribution in [0.1, 0.15) is 31.0 Å². The van der Waals surface area contributed by atoms with Gasteiger partial charge in [-0.2, -0.15) is 9.57 Å². The van der Waals surface area contributed by atoms with Crippen molar-refractivity contribution in [2.24, 2.45) is 0 Å². The molecule has 1 aliphatic heterocycles. The number of aromatic nitrogens is 2. The number of rotatable bonds is 4. The first kappa shape index (κ1) is 19.4. The van der Waals surface area contributed by atoms with Crippen molar-refractivity contribution in [3.05, 3.63) is 59.9 Å². The zero-order chi connectivity index (χ0) is 20.6.